The summed E-state index contributed by atoms with van der Waals surface area (Å²) in [6.07, 6.45) is 9.89. The minimum Gasteiger partial charge on any atom is -0.367 e. The lowest BCUT2D eigenvalue weighted by atomic mass is 10.1. The molecule has 0 amide bonds. The molecular formula is C21H24ClN3O4S. The van der Waals surface area contributed by atoms with Crippen LogP contribution in [-0.4, -0.2) is 59.7 Å². The van der Waals surface area contributed by atoms with Crippen molar-refractivity contribution in [3.63, 3.8) is 0 Å². The second kappa shape index (κ2) is 9.01. The van der Waals surface area contributed by atoms with Crippen LogP contribution in [0.15, 0.2) is 53.4 Å². The van der Waals surface area contributed by atoms with E-state index in [4.69, 9.17) is 16.3 Å². The molecule has 2 aromatic heterocycles. The first kappa shape index (κ1) is 21.2. The summed E-state index contributed by atoms with van der Waals surface area (Å²) in [5, 5.41) is 0.697. The fourth-order valence-electron chi connectivity index (χ4n) is 3.84. The number of rotatable bonds is 6. The van der Waals surface area contributed by atoms with E-state index in [1.807, 2.05) is 18.2 Å². The van der Waals surface area contributed by atoms with Gasteiger partial charge in [-0.15, -0.1) is 0 Å². The SMILES string of the molecule is O=C(COCC1=CC(S(=O)(=O)N2CCCCC2)CC=C1Cl)n1ccc2cccnc21. The molecule has 0 radical (unpaired) electrons. The number of ether oxygens (including phenoxy) is 1. The van der Waals surface area contributed by atoms with Gasteiger partial charge in [0.1, 0.15) is 12.3 Å². The molecule has 2 aliphatic rings. The first-order chi connectivity index (χ1) is 14.5. The highest BCUT2D eigenvalue weighted by molar-refractivity contribution is 7.89. The number of hydrogen-bond acceptors (Lipinski definition) is 5. The van der Waals surface area contributed by atoms with Crippen molar-refractivity contribution in [1.82, 2.24) is 13.9 Å². The predicted octanol–water partition coefficient (Wildman–Crippen LogP) is 3.33. The van der Waals surface area contributed by atoms with Crippen LogP contribution in [0.5, 0.6) is 0 Å². The monoisotopic (exact) mass is 449 g/mol. The van der Waals surface area contributed by atoms with Crippen molar-refractivity contribution in [3.8, 4) is 0 Å². The van der Waals surface area contributed by atoms with E-state index in [0.717, 1.165) is 24.6 Å². The Hall–Kier alpha value is -2.00. The van der Waals surface area contributed by atoms with Gasteiger partial charge in [0.25, 0.3) is 5.91 Å². The van der Waals surface area contributed by atoms with Crippen LogP contribution in [0, 0.1) is 0 Å². The Morgan fingerprint density at radius 1 is 1.23 bits per heavy atom. The summed E-state index contributed by atoms with van der Waals surface area (Å²) in [6.45, 7) is 1.05. The van der Waals surface area contributed by atoms with Gasteiger partial charge in [-0.25, -0.2) is 17.7 Å². The third kappa shape index (κ3) is 4.37. The molecule has 0 N–H and O–H groups in total. The second-order valence-corrected chi connectivity index (χ2v) is 10.1. The Labute approximate surface area is 181 Å². The van der Waals surface area contributed by atoms with E-state index in [1.54, 1.807) is 28.9 Å². The highest BCUT2D eigenvalue weighted by Crippen LogP contribution is 2.28. The zero-order chi connectivity index (χ0) is 21.1. The zero-order valence-corrected chi connectivity index (χ0v) is 18.1. The van der Waals surface area contributed by atoms with Crippen molar-refractivity contribution < 1.29 is 17.9 Å². The summed E-state index contributed by atoms with van der Waals surface area (Å²) in [5.41, 5.74) is 1.17. The maximum absolute atomic E-state index is 13.0. The van der Waals surface area contributed by atoms with Crippen LogP contribution in [0.25, 0.3) is 11.0 Å². The van der Waals surface area contributed by atoms with E-state index < -0.39 is 15.3 Å². The van der Waals surface area contributed by atoms with Crippen molar-refractivity contribution in [3.05, 3.63) is 53.4 Å². The molecule has 30 heavy (non-hydrogen) atoms. The maximum atomic E-state index is 13.0. The van der Waals surface area contributed by atoms with E-state index in [1.165, 1.54) is 4.57 Å². The molecule has 4 rings (SSSR count). The first-order valence-corrected chi connectivity index (χ1v) is 11.9. The van der Waals surface area contributed by atoms with Crippen LogP contribution in [0.4, 0.5) is 0 Å². The molecule has 1 saturated heterocycles. The van der Waals surface area contributed by atoms with Gasteiger partial charge in [0.2, 0.25) is 10.0 Å². The molecule has 0 saturated carbocycles. The van der Waals surface area contributed by atoms with Gasteiger partial charge in [-0.05, 0) is 43.0 Å². The summed E-state index contributed by atoms with van der Waals surface area (Å²) in [4.78, 5) is 16.7. The fourth-order valence-corrected chi connectivity index (χ4v) is 5.88. The number of carbonyl (C=O) groups excluding carboxylic acids is 1. The number of halogens is 1. The zero-order valence-electron chi connectivity index (χ0n) is 16.5. The van der Waals surface area contributed by atoms with Gasteiger partial charge in [0, 0.05) is 35.9 Å². The van der Waals surface area contributed by atoms with Crippen LogP contribution in [0.2, 0.25) is 0 Å². The molecule has 9 heteroatoms. The van der Waals surface area contributed by atoms with Crippen molar-refractivity contribution in [2.45, 2.75) is 30.9 Å². The first-order valence-electron chi connectivity index (χ1n) is 10.1. The highest BCUT2D eigenvalue weighted by atomic mass is 35.5. The largest absolute Gasteiger partial charge is 0.367 e. The Balaban J connectivity index is 1.40. The van der Waals surface area contributed by atoms with Crippen molar-refractivity contribution in [1.29, 1.82) is 0 Å². The van der Waals surface area contributed by atoms with Crippen molar-refractivity contribution in [2.24, 2.45) is 0 Å². The van der Waals surface area contributed by atoms with Crippen LogP contribution in [-0.2, 0) is 14.8 Å². The van der Waals surface area contributed by atoms with Crippen molar-refractivity contribution >= 4 is 38.6 Å². The molecule has 1 fully saturated rings. The minimum atomic E-state index is -3.42. The van der Waals surface area contributed by atoms with E-state index in [2.05, 4.69) is 4.98 Å². The molecule has 3 heterocycles. The minimum absolute atomic E-state index is 0.0692. The van der Waals surface area contributed by atoms with E-state index in [0.29, 0.717) is 35.8 Å². The maximum Gasteiger partial charge on any atom is 0.258 e. The van der Waals surface area contributed by atoms with Gasteiger partial charge in [-0.2, -0.15) is 0 Å². The van der Waals surface area contributed by atoms with Gasteiger partial charge in [-0.3, -0.25) is 9.36 Å². The Morgan fingerprint density at radius 3 is 2.83 bits per heavy atom. The lowest BCUT2D eigenvalue weighted by Crippen LogP contribution is -2.41. The Kier molecular flexibility index (Phi) is 6.38. The standard InChI is InChI=1S/C21H24ClN3O4S/c22-19-7-6-18(30(27,28)24-10-2-1-3-11-24)13-17(19)14-29-15-20(26)25-12-8-16-5-4-9-23-21(16)25/h4-5,7-9,12-13,18H,1-3,6,10-11,14-15H2. The molecular weight excluding hydrogens is 426 g/mol. The molecule has 1 aliphatic heterocycles. The van der Waals surface area contributed by atoms with E-state index in [-0.39, 0.29) is 19.1 Å². The highest BCUT2D eigenvalue weighted by Gasteiger charge is 2.33. The quantitative estimate of drug-likeness (QED) is 0.675. The third-order valence-corrected chi connectivity index (χ3v) is 8.06. The number of pyridine rings is 1. The van der Waals surface area contributed by atoms with Crippen LogP contribution >= 0.6 is 11.6 Å². The fraction of sp³-hybridized carbons (Fsp3) is 0.429. The number of carbonyl (C=O) groups is 1. The van der Waals surface area contributed by atoms with Crippen LogP contribution in [0.1, 0.15) is 30.5 Å². The molecule has 0 spiro atoms. The van der Waals surface area contributed by atoms with Gasteiger partial charge in [0.05, 0.1) is 11.9 Å². The summed E-state index contributed by atoms with van der Waals surface area (Å²) >= 11 is 6.28. The number of allylic oxidation sites excluding steroid dienone is 1. The van der Waals surface area contributed by atoms with E-state index in [9.17, 15) is 13.2 Å². The molecule has 1 aliphatic carbocycles. The summed E-state index contributed by atoms with van der Waals surface area (Å²) in [6, 6.07) is 5.51. The Morgan fingerprint density at radius 2 is 2.03 bits per heavy atom. The van der Waals surface area contributed by atoms with Gasteiger partial charge in [0.15, 0.2) is 0 Å². The molecule has 0 aromatic carbocycles. The molecule has 1 unspecified atom stereocenters. The van der Waals surface area contributed by atoms with E-state index >= 15 is 0 Å². The normalized spacial score (nSPS) is 20.8. The smallest absolute Gasteiger partial charge is 0.258 e. The predicted molar refractivity (Wildman–Crippen MR) is 116 cm³/mol. The average molecular weight is 450 g/mol. The molecule has 160 valence electrons. The summed E-state index contributed by atoms with van der Waals surface area (Å²) < 4.78 is 34.5. The second-order valence-electron chi connectivity index (χ2n) is 7.51. The van der Waals surface area contributed by atoms with Gasteiger partial charge in [-0.1, -0.05) is 30.2 Å². The number of nitrogens with zero attached hydrogens (tertiary/aromatic N) is 3. The van der Waals surface area contributed by atoms with Gasteiger partial charge < -0.3 is 4.74 Å². The number of hydrogen-bond donors (Lipinski definition) is 0. The topological polar surface area (TPSA) is 81.5 Å². The Bertz CT molecular complexity index is 1100. The van der Waals surface area contributed by atoms with Crippen LogP contribution in [0.3, 0.4) is 0 Å². The molecule has 0 bridgehead atoms. The number of sulfonamides is 1. The average Bonchev–Trinajstić information content (AvgIpc) is 3.20. The van der Waals surface area contributed by atoms with Crippen LogP contribution < -0.4 is 0 Å². The molecule has 7 nitrogen and oxygen atoms in total. The number of aromatic nitrogens is 2. The summed E-state index contributed by atoms with van der Waals surface area (Å²) in [7, 11) is -3.42. The molecule has 2 aromatic rings. The summed E-state index contributed by atoms with van der Waals surface area (Å²) in [5.74, 6) is -0.252. The van der Waals surface area contributed by atoms with Crippen molar-refractivity contribution in [2.75, 3.05) is 26.3 Å². The lowest BCUT2D eigenvalue weighted by molar-refractivity contribution is 0.0719. The number of fused-ring (bicyclic) bond motifs is 1. The van der Waals surface area contributed by atoms with Gasteiger partial charge >= 0.3 is 0 Å². The number of piperidine rings is 1. The lowest BCUT2D eigenvalue weighted by Gasteiger charge is -2.30. The third-order valence-electron chi connectivity index (χ3n) is 5.48. The molecule has 1 atom stereocenters.